The van der Waals surface area contributed by atoms with Gasteiger partial charge >= 0.3 is 11.9 Å². The minimum atomic E-state index is -0.484. The second-order valence-corrected chi connectivity index (χ2v) is 7.89. The van der Waals surface area contributed by atoms with Gasteiger partial charge in [-0.25, -0.2) is 10.2 Å². The van der Waals surface area contributed by atoms with Crippen molar-refractivity contribution in [2.24, 2.45) is 5.10 Å². The maximum Gasteiger partial charge on any atom is 0.344 e. The number of furan rings is 1. The van der Waals surface area contributed by atoms with Crippen LogP contribution >= 0.6 is 31.9 Å². The van der Waals surface area contributed by atoms with E-state index in [0.29, 0.717) is 27.1 Å². The SMILES string of the molecule is CCOC(=O)COc1c(Br)cc(/C=N/NC(=O)c2cc3cc(Br)ccc3o2)cc1OC. The summed E-state index contributed by atoms with van der Waals surface area (Å²) < 4.78 is 22.6. The Bertz CT molecular complexity index is 1140. The van der Waals surface area contributed by atoms with E-state index in [0.717, 1.165) is 9.86 Å². The number of hydrogen-bond acceptors (Lipinski definition) is 7. The second kappa shape index (κ2) is 10.5. The van der Waals surface area contributed by atoms with Gasteiger partial charge in [0.1, 0.15) is 5.58 Å². The number of rotatable bonds is 8. The quantitative estimate of drug-likeness (QED) is 0.247. The van der Waals surface area contributed by atoms with Crippen LogP contribution in [0.2, 0.25) is 0 Å². The van der Waals surface area contributed by atoms with Crippen LogP contribution in [0, 0.1) is 0 Å². The Morgan fingerprint density at radius 1 is 1.19 bits per heavy atom. The zero-order valence-electron chi connectivity index (χ0n) is 16.6. The number of nitrogens with one attached hydrogen (secondary N) is 1. The molecule has 0 spiro atoms. The number of benzene rings is 2. The lowest BCUT2D eigenvalue weighted by atomic mass is 10.2. The summed E-state index contributed by atoms with van der Waals surface area (Å²) in [5.41, 5.74) is 3.65. The predicted molar refractivity (Wildman–Crippen MR) is 122 cm³/mol. The predicted octanol–water partition coefficient (Wildman–Crippen LogP) is 4.67. The van der Waals surface area contributed by atoms with Gasteiger partial charge in [-0.3, -0.25) is 4.79 Å². The van der Waals surface area contributed by atoms with E-state index in [1.165, 1.54) is 13.3 Å². The molecule has 0 aliphatic carbocycles. The molecule has 2 aromatic carbocycles. The zero-order valence-corrected chi connectivity index (χ0v) is 19.8. The van der Waals surface area contributed by atoms with Gasteiger partial charge in [-0.2, -0.15) is 5.10 Å². The van der Waals surface area contributed by atoms with Gasteiger partial charge in [0.2, 0.25) is 0 Å². The Labute approximate surface area is 194 Å². The topological polar surface area (TPSA) is 99.4 Å². The number of hydrogen-bond donors (Lipinski definition) is 1. The molecule has 1 N–H and O–H groups in total. The molecule has 31 heavy (non-hydrogen) atoms. The molecular weight excluding hydrogens is 536 g/mol. The third-order valence-corrected chi connectivity index (χ3v) is 5.06. The highest BCUT2D eigenvalue weighted by Gasteiger charge is 2.14. The molecule has 10 heteroatoms. The van der Waals surface area contributed by atoms with Crippen LogP contribution in [0.5, 0.6) is 11.5 Å². The third-order valence-electron chi connectivity index (χ3n) is 3.97. The molecule has 0 aliphatic rings. The van der Waals surface area contributed by atoms with Crippen molar-refractivity contribution in [3.05, 3.63) is 56.7 Å². The lowest BCUT2D eigenvalue weighted by Crippen LogP contribution is -2.16. The number of esters is 1. The fraction of sp³-hybridized carbons (Fsp3) is 0.190. The van der Waals surface area contributed by atoms with Gasteiger partial charge in [-0.1, -0.05) is 15.9 Å². The number of nitrogens with zero attached hydrogens (tertiary/aromatic N) is 1. The first-order valence-corrected chi connectivity index (χ1v) is 10.7. The van der Waals surface area contributed by atoms with Crippen molar-refractivity contribution in [1.29, 1.82) is 0 Å². The number of hydrazone groups is 1. The highest BCUT2D eigenvalue weighted by Crippen LogP contribution is 2.36. The summed E-state index contributed by atoms with van der Waals surface area (Å²) in [6.45, 7) is 1.74. The smallest absolute Gasteiger partial charge is 0.344 e. The number of fused-ring (bicyclic) bond motifs is 1. The van der Waals surface area contributed by atoms with E-state index in [2.05, 4.69) is 42.4 Å². The first kappa shape index (κ1) is 22.8. The highest BCUT2D eigenvalue weighted by atomic mass is 79.9. The van der Waals surface area contributed by atoms with E-state index >= 15 is 0 Å². The minimum absolute atomic E-state index is 0.145. The molecule has 0 bridgehead atoms. The van der Waals surface area contributed by atoms with E-state index in [1.807, 2.05) is 12.1 Å². The monoisotopic (exact) mass is 552 g/mol. The Morgan fingerprint density at radius 2 is 2.00 bits per heavy atom. The largest absolute Gasteiger partial charge is 0.493 e. The molecule has 0 fully saturated rings. The molecule has 162 valence electrons. The van der Waals surface area contributed by atoms with Crippen LogP contribution in [0.4, 0.5) is 0 Å². The summed E-state index contributed by atoms with van der Waals surface area (Å²) in [6, 6.07) is 10.5. The van der Waals surface area contributed by atoms with Gasteiger partial charge in [0, 0.05) is 9.86 Å². The third kappa shape index (κ3) is 5.86. The fourth-order valence-electron chi connectivity index (χ4n) is 2.63. The molecule has 0 unspecified atom stereocenters. The summed E-state index contributed by atoms with van der Waals surface area (Å²) >= 11 is 6.77. The summed E-state index contributed by atoms with van der Waals surface area (Å²) in [7, 11) is 1.47. The van der Waals surface area contributed by atoms with Crippen molar-refractivity contribution in [3.8, 4) is 11.5 Å². The fourth-order valence-corrected chi connectivity index (χ4v) is 3.59. The van der Waals surface area contributed by atoms with Gasteiger partial charge in [-0.15, -0.1) is 0 Å². The van der Waals surface area contributed by atoms with E-state index in [9.17, 15) is 9.59 Å². The van der Waals surface area contributed by atoms with E-state index in [4.69, 9.17) is 18.6 Å². The summed E-state index contributed by atoms with van der Waals surface area (Å²) in [5, 5.41) is 4.77. The van der Waals surface area contributed by atoms with Crippen molar-refractivity contribution < 1.29 is 28.2 Å². The standard InChI is InChI=1S/C21H18Br2N2O6/c1-3-29-19(26)11-30-20-15(23)6-12(7-17(20)28-2)10-24-25-21(27)18-9-13-8-14(22)4-5-16(13)31-18/h4-10H,3,11H2,1-2H3,(H,25,27)/b24-10+. The molecule has 0 aliphatic heterocycles. The van der Waals surface area contributed by atoms with E-state index in [1.54, 1.807) is 31.2 Å². The van der Waals surface area contributed by atoms with Crippen LogP contribution < -0.4 is 14.9 Å². The molecule has 0 saturated carbocycles. The molecule has 0 saturated heterocycles. The van der Waals surface area contributed by atoms with Crippen LogP contribution in [0.25, 0.3) is 11.0 Å². The summed E-state index contributed by atoms with van der Waals surface area (Å²) in [4.78, 5) is 23.8. The summed E-state index contributed by atoms with van der Waals surface area (Å²) in [6.07, 6.45) is 1.44. The lowest BCUT2D eigenvalue weighted by molar-refractivity contribution is -0.145. The number of methoxy groups -OCH3 is 1. The first-order chi connectivity index (χ1) is 14.9. The van der Waals surface area contributed by atoms with Crippen molar-refractivity contribution in [2.75, 3.05) is 20.3 Å². The average molecular weight is 554 g/mol. The number of carbonyl (C=O) groups is 2. The zero-order chi connectivity index (χ0) is 22.4. The maximum atomic E-state index is 12.3. The van der Waals surface area contributed by atoms with Crippen LogP contribution in [0.1, 0.15) is 23.0 Å². The van der Waals surface area contributed by atoms with Gasteiger partial charge in [-0.05, 0) is 64.8 Å². The van der Waals surface area contributed by atoms with Crippen molar-refractivity contribution in [2.45, 2.75) is 6.92 Å². The Balaban J connectivity index is 1.68. The second-order valence-electron chi connectivity index (χ2n) is 6.12. The maximum absolute atomic E-state index is 12.3. The first-order valence-electron chi connectivity index (χ1n) is 9.09. The van der Waals surface area contributed by atoms with Gasteiger partial charge in [0.05, 0.1) is 24.4 Å². The number of ether oxygens (including phenoxy) is 3. The molecule has 1 amide bonds. The number of carbonyl (C=O) groups excluding carboxylic acids is 2. The Morgan fingerprint density at radius 3 is 2.74 bits per heavy atom. The van der Waals surface area contributed by atoms with Crippen LogP contribution in [-0.2, 0) is 9.53 Å². The van der Waals surface area contributed by atoms with E-state index < -0.39 is 11.9 Å². The molecule has 8 nitrogen and oxygen atoms in total. The van der Waals surface area contributed by atoms with Crippen LogP contribution in [0.15, 0.2) is 54.9 Å². The minimum Gasteiger partial charge on any atom is -0.493 e. The Hall–Kier alpha value is -2.85. The number of halogens is 2. The summed E-state index contributed by atoms with van der Waals surface area (Å²) in [5.74, 6) is -0.0852. The van der Waals surface area contributed by atoms with Gasteiger partial charge < -0.3 is 18.6 Å². The van der Waals surface area contributed by atoms with Gasteiger partial charge in [0.15, 0.2) is 23.9 Å². The van der Waals surface area contributed by atoms with Crippen LogP contribution in [0.3, 0.4) is 0 Å². The molecular formula is C21H18Br2N2O6. The lowest BCUT2D eigenvalue weighted by Gasteiger charge is -2.13. The molecule has 0 atom stereocenters. The molecule has 3 aromatic rings. The molecule has 3 rings (SSSR count). The molecule has 1 heterocycles. The molecule has 0 radical (unpaired) electrons. The van der Waals surface area contributed by atoms with Crippen molar-refractivity contribution >= 4 is 60.9 Å². The van der Waals surface area contributed by atoms with Crippen molar-refractivity contribution in [1.82, 2.24) is 5.43 Å². The van der Waals surface area contributed by atoms with Gasteiger partial charge in [0.25, 0.3) is 0 Å². The number of amides is 1. The molecule has 1 aromatic heterocycles. The van der Waals surface area contributed by atoms with Crippen molar-refractivity contribution in [3.63, 3.8) is 0 Å². The average Bonchev–Trinajstić information content (AvgIpc) is 3.16. The van der Waals surface area contributed by atoms with Crippen LogP contribution in [-0.4, -0.2) is 38.4 Å². The highest BCUT2D eigenvalue weighted by molar-refractivity contribution is 9.10. The van der Waals surface area contributed by atoms with E-state index in [-0.39, 0.29) is 19.0 Å². The normalized spacial score (nSPS) is 11.0. The Kier molecular flexibility index (Phi) is 7.69.